The van der Waals surface area contributed by atoms with E-state index in [1.54, 1.807) is 6.92 Å². The zero-order valence-corrected chi connectivity index (χ0v) is 11.0. The predicted octanol–water partition coefficient (Wildman–Crippen LogP) is 3.28. The second kappa shape index (κ2) is 6.69. The molecule has 1 atom stereocenters. The first-order valence-corrected chi connectivity index (χ1v) is 6.62. The number of rotatable bonds is 6. The molecule has 0 spiro atoms. The van der Waals surface area contributed by atoms with Crippen molar-refractivity contribution in [1.82, 2.24) is 0 Å². The smallest absolute Gasteiger partial charge is 0.306 e. The second-order valence-corrected chi connectivity index (χ2v) is 4.83. The lowest BCUT2D eigenvalue weighted by molar-refractivity contribution is -0.141. The van der Waals surface area contributed by atoms with Gasteiger partial charge in [-0.15, -0.1) is 0 Å². The molecule has 0 amide bonds. The summed E-state index contributed by atoms with van der Waals surface area (Å²) in [6, 6.07) is 8.41. The topological polar surface area (TPSA) is 37.3 Å². The van der Waals surface area contributed by atoms with Crippen molar-refractivity contribution in [3.8, 4) is 0 Å². The van der Waals surface area contributed by atoms with E-state index in [4.69, 9.17) is 5.11 Å². The number of aliphatic carboxylic acids is 1. The molecule has 1 unspecified atom stereocenters. The van der Waals surface area contributed by atoms with E-state index in [0.717, 1.165) is 18.2 Å². The Balaban J connectivity index is 2.46. The first kappa shape index (κ1) is 13.2. The number of hydrogen-bond donors (Lipinski definition) is 1. The third-order valence-corrected chi connectivity index (χ3v) is 3.09. The molecular formula is C13H17BrO2. The summed E-state index contributed by atoms with van der Waals surface area (Å²) < 4.78 is 0. The standard InChI is InChI=1S/C13H17BrO2/c1-10(13(15)16)2-3-11-4-6-12(7-5-11)8-9-14/h4-7,10H,2-3,8-9H2,1H3,(H,15,16). The third-order valence-electron chi connectivity index (χ3n) is 2.69. The molecule has 0 fully saturated rings. The van der Waals surface area contributed by atoms with Crippen LogP contribution in [0.4, 0.5) is 0 Å². The monoisotopic (exact) mass is 284 g/mol. The average molecular weight is 285 g/mol. The Labute approximate surface area is 105 Å². The van der Waals surface area contributed by atoms with Gasteiger partial charge in [0.2, 0.25) is 0 Å². The van der Waals surface area contributed by atoms with E-state index in [1.165, 1.54) is 11.1 Å². The van der Waals surface area contributed by atoms with Gasteiger partial charge in [-0.1, -0.05) is 47.1 Å². The Hall–Kier alpha value is -0.830. The van der Waals surface area contributed by atoms with Gasteiger partial charge in [0.05, 0.1) is 5.92 Å². The normalized spacial score (nSPS) is 12.4. The molecule has 0 aromatic heterocycles. The lowest BCUT2D eigenvalue weighted by atomic mass is 10.00. The van der Waals surface area contributed by atoms with E-state index in [2.05, 4.69) is 40.2 Å². The molecule has 1 aromatic rings. The Kier molecular flexibility index (Phi) is 5.53. The van der Waals surface area contributed by atoms with E-state index >= 15 is 0 Å². The molecule has 0 heterocycles. The molecule has 88 valence electrons. The number of carbonyl (C=O) groups is 1. The summed E-state index contributed by atoms with van der Waals surface area (Å²) in [5.41, 5.74) is 2.53. The highest BCUT2D eigenvalue weighted by Gasteiger charge is 2.10. The highest BCUT2D eigenvalue weighted by Crippen LogP contribution is 2.12. The van der Waals surface area contributed by atoms with Crippen LogP contribution in [0.3, 0.4) is 0 Å². The van der Waals surface area contributed by atoms with Gasteiger partial charge in [0.25, 0.3) is 0 Å². The molecule has 0 saturated carbocycles. The van der Waals surface area contributed by atoms with Crippen molar-refractivity contribution in [3.63, 3.8) is 0 Å². The van der Waals surface area contributed by atoms with Gasteiger partial charge >= 0.3 is 5.97 Å². The van der Waals surface area contributed by atoms with E-state index in [1.807, 2.05) is 0 Å². The summed E-state index contributed by atoms with van der Waals surface area (Å²) in [6.45, 7) is 1.75. The first-order chi connectivity index (χ1) is 7.63. The number of benzene rings is 1. The maximum atomic E-state index is 10.7. The van der Waals surface area contributed by atoms with Crippen LogP contribution < -0.4 is 0 Å². The van der Waals surface area contributed by atoms with Gasteiger partial charge in [-0.05, 0) is 30.4 Å². The number of carboxylic acid groups (broad SMARTS) is 1. The Bertz CT molecular complexity index is 332. The SMILES string of the molecule is CC(CCc1ccc(CCBr)cc1)C(=O)O. The van der Waals surface area contributed by atoms with Crippen molar-refractivity contribution in [2.75, 3.05) is 5.33 Å². The number of aryl methyl sites for hydroxylation is 2. The van der Waals surface area contributed by atoms with Gasteiger partial charge in [0.1, 0.15) is 0 Å². The van der Waals surface area contributed by atoms with Gasteiger partial charge in [0, 0.05) is 5.33 Å². The van der Waals surface area contributed by atoms with Crippen LogP contribution in [-0.2, 0) is 17.6 Å². The van der Waals surface area contributed by atoms with E-state index in [0.29, 0.717) is 6.42 Å². The van der Waals surface area contributed by atoms with Crippen LogP contribution in [0.5, 0.6) is 0 Å². The Morgan fingerprint density at radius 2 is 1.75 bits per heavy atom. The number of halogens is 1. The fourth-order valence-corrected chi connectivity index (χ4v) is 1.95. The highest BCUT2D eigenvalue weighted by atomic mass is 79.9. The van der Waals surface area contributed by atoms with Crippen LogP contribution in [-0.4, -0.2) is 16.4 Å². The van der Waals surface area contributed by atoms with Crippen molar-refractivity contribution in [1.29, 1.82) is 0 Å². The molecular weight excluding hydrogens is 268 g/mol. The lowest BCUT2D eigenvalue weighted by Crippen LogP contribution is -2.10. The Morgan fingerprint density at radius 3 is 2.19 bits per heavy atom. The average Bonchev–Trinajstić information content (AvgIpc) is 2.28. The summed E-state index contributed by atoms with van der Waals surface area (Å²) >= 11 is 3.41. The zero-order chi connectivity index (χ0) is 12.0. The Morgan fingerprint density at radius 1 is 1.25 bits per heavy atom. The molecule has 0 aliphatic rings. The van der Waals surface area contributed by atoms with Crippen LogP contribution >= 0.6 is 15.9 Å². The maximum Gasteiger partial charge on any atom is 0.306 e. The van der Waals surface area contributed by atoms with Crippen LogP contribution in [0.2, 0.25) is 0 Å². The summed E-state index contributed by atoms with van der Waals surface area (Å²) in [6.07, 6.45) is 2.57. The molecule has 0 aliphatic carbocycles. The van der Waals surface area contributed by atoms with Gasteiger partial charge in [-0.2, -0.15) is 0 Å². The molecule has 0 saturated heterocycles. The largest absolute Gasteiger partial charge is 0.481 e. The molecule has 1 N–H and O–H groups in total. The predicted molar refractivity (Wildman–Crippen MR) is 69.1 cm³/mol. The molecule has 0 radical (unpaired) electrons. The van der Waals surface area contributed by atoms with E-state index in [9.17, 15) is 4.79 Å². The summed E-state index contributed by atoms with van der Waals surface area (Å²) in [5.74, 6) is -0.974. The minimum Gasteiger partial charge on any atom is -0.481 e. The van der Waals surface area contributed by atoms with Gasteiger partial charge < -0.3 is 5.11 Å². The van der Waals surface area contributed by atoms with Crippen LogP contribution in [0.15, 0.2) is 24.3 Å². The molecule has 3 heteroatoms. The van der Waals surface area contributed by atoms with E-state index < -0.39 is 5.97 Å². The molecule has 2 nitrogen and oxygen atoms in total. The van der Waals surface area contributed by atoms with Gasteiger partial charge in [-0.25, -0.2) is 0 Å². The fraction of sp³-hybridized carbons (Fsp3) is 0.462. The minimum atomic E-state index is -0.712. The minimum absolute atomic E-state index is 0.262. The highest BCUT2D eigenvalue weighted by molar-refractivity contribution is 9.09. The zero-order valence-electron chi connectivity index (χ0n) is 9.45. The van der Waals surface area contributed by atoms with Crippen molar-refractivity contribution in [3.05, 3.63) is 35.4 Å². The van der Waals surface area contributed by atoms with Crippen LogP contribution in [0, 0.1) is 5.92 Å². The second-order valence-electron chi connectivity index (χ2n) is 4.03. The van der Waals surface area contributed by atoms with Gasteiger partial charge in [-0.3, -0.25) is 4.79 Å². The van der Waals surface area contributed by atoms with Crippen molar-refractivity contribution in [2.45, 2.75) is 26.2 Å². The van der Waals surface area contributed by atoms with Gasteiger partial charge in [0.15, 0.2) is 0 Å². The summed E-state index contributed by atoms with van der Waals surface area (Å²) in [7, 11) is 0. The third kappa shape index (κ3) is 4.35. The fourth-order valence-electron chi connectivity index (χ4n) is 1.49. The quantitative estimate of drug-likeness (QED) is 0.814. The number of hydrogen-bond acceptors (Lipinski definition) is 1. The van der Waals surface area contributed by atoms with Crippen molar-refractivity contribution in [2.24, 2.45) is 5.92 Å². The lowest BCUT2D eigenvalue weighted by Gasteiger charge is -2.06. The number of alkyl halides is 1. The summed E-state index contributed by atoms with van der Waals surface area (Å²) in [5, 5.41) is 9.74. The molecule has 1 rings (SSSR count). The molecule has 16 heavy (non-hydrogen) atoms. The summed E-state index contributed by atoms with van der Waals surface area (Å²) in [4.78, 5) is 10.7. The van der Waals surface area contributed by atoms with Crippen LogP contribution in [0.1, 0.15) is 24.5 Å². The number of carboxylic acids is 1. The van der Waals surface area contributed by atoms with Crippen molar-refractivity contribution < 1.29 is 9.90 Å². The molecule has 1 aromatic carbocycles. The molecule has 0 bridgehead atoms. The maximum absolute atomic E-state index is 10.7. The van der Waals surface area contributed by atoms with E-state index in [-0.39, 0.29) is 5.92 Å². The van der Waals surface area contributed by atoms with Crippen LogP contribution in [0.25, 0.3) is 0 Å². The van der Waals surface area contributed by atoms with Crippen molar-refractivity contribution >= 4 is 21.9 Å². The molecule has 0 aliphatic heterocycles. The first-order valence-electron chi connectivity index (χ1n) is 5.50.